The van der Waals surface area contributed by atoms with E-state index in [-0.39, 0.29) is 22.4 Å². The summed E-state index contributed by atoms with van der Waals surface area (Å²) in [4.78, 5) is 0. The Bertz CT molecular complexity index is 783. The van der Waals surface area contributed by atoms with Crippen molar-refractivity contribution in [1.29, 1.82) is 5.26 Å². The Hall–Kier alpha value is -2.35. The summed E-state index contributed by atoms with van der Waals surface area (Å²) in [7, 11) is 0. The lowest BCUT2D eigenvalue weighted by Crippen LogP contribution is -2.52. The van der Waals surface area contributed by atoms with Gasteiger partial charge in [0.25, 0.3) is 0 Å². The van der Waals surface area contributed by atoms with Crippen LogP contribution in [-0.4, -0.2) is 16.7 Å². The van der Waals surface area contributed by atoms with Crippen LogP contribution in [0.3, 0.4) is 0 Å². The molecule has 3 aliphatic rings. The van der Waals surface area contributed by atoms with Crippen molar-refractivity contribution in [2.45, 2.75) is 93.7 Å². The Morgan fingerprint density at radius 3 is 1.81 bits per heavy atom. The van der Waals surface area contributed by atoms with E-state index in [1.54, 1.807) is 6.08 Å². The summed E-state index contributed by atoms with van der Waals surface area (Å²) in [6.45, 7) is 24.7. The van der Waals surface area contributed by atoms with Crippen molar-refractivity contribution in [1.82, 2.24) is 0 Å². The van der Waals surface area contributed by atoms with Crippen LogP contribution in [-0.2, 0) is 0 Å². The van der Waals surface area contributed by atoms with E-state index in [0.717, 1.165) is 12.8 Å². The average molecular weight is 498 g/mol. The molecule has 36 heavy (non-hydrogen) atoms. The van der Waals surface area contributed by atoms with Crippen LogP contribution in [0.2, 0.25) is 0 Å². The standard InChI is InChI=1S/C15H27NO.C12H15N.2C2H6.CHN/c1-6-9-14(4,11(2)3)15(5)10-12(17)7-8-13(15)16;1-12(13)8-6-10-4-2-3-5-11(10)7-9-12;3*1-2/h7-8,10-11,13,17H,6,9,16H2,1-5H3;2-11H,13H2,1H3;2*1-2H3;1H/t13?,14-,15?;;;;/m1..../s1. The van der Waals surface area contributed by atoms with Crippen molar-refractivity contribution in [3.63, 3.8) is 0 Å². The molecule has 0 saturated heterocycles. The highest BCUT2D eigenvalue weighted by Crippen LogP contribution is 2.52. The van der Waals surface area contributed by atoms with Crippen LogP contribution in [0.15, 0.2) is 72.6 Å². The van der Waals surface area contributed by atoms with E-state index in [0.29, 0.717) is 23.5 Å². The summed E-state index contributed by atoms with van der Waals surface area (Å²) >= 11 is 0. The number of hydrogen-bond donors (Lipinski definition) is 3. The minimum absolute atomic E-state index is 0.0302. The van der Waals surface area contributed by atoms with Crippen molar-refractivity contribution in [2.24, 2.45) is 40.1 Å². The average Bonchev–Trinajstić information content (AvgIpc) is 3.04. The minimum atomic E-state index is -0.279. The Morgan fingerprint density at radius 2 is 1.42 bits per heavy atom. The molecule has 3 rings (SSSR count). The molecule has 4 nitrogen and oxygen atoms in total. The lowest BCUT2D eigenvalue weighted by molar-refractivity contribution is 0.0355. The summed E-state index contributed by atoms with van der Waals surface area (Å²) in [6, 6.07) is -0.0302. The predicted molar refractivity (Wildman–Crippen MR) is 159 cm³/mol. The highest BCUT2D eigenvalue weighted by atomic mass is 16.3. The normalized spacial score (nSPS) is 30.8. The van der Waals surface area contributed by atoms with E-state index in [2.05, 4.69) is 89.8 Å². The maximum absolute atomic E-state index is 9.79. The molecule has 0 saturated carbocycles. The third-order valence-electron chi connectivity index (χ3n) is 7.47. The molecule has 0 fully saturated rings. The number of allylic oxidation sites excluding steroid dienone is 7. The van der Waals surface area contributed by atoms with Gasteiger partial charge >= 0.3 is 0 Å². The molecule has 0 spiro atoms. The van der Waals surface area contributed by atoms with Crippen LogP contribution in [0.25, 0.3) is 0 Å². The predicted octanol–water partition coefficient (Wildman–Crippen LogP) is 8.17. The van der Waals surface area contributed by atoms with Gasteiger partial charge in [0.2, 0.25) is 0 Å². The fraction of sp³-hybridized carbons (Fsp3) is 0.594. The van der Waals surface area contributed by atoms with Gasteiger partial charge in [-0.15, -0.1) is 0 Å². The second-order valence-corrected chi connectivity index (χ2v) is 10.1. The van der Waals surface area contributed by atoms with Crippen LogP contribution in [0.5, 0.6) is 0 Å². The summed E-state index contributed by atoms with van der Waals surface area (Å²) in [6.07, 6.45) is 25.0. The zero-order valence-electron chi connectivity index (χ0n) is 24.7. The number of nitrogens with two attached hydrogens (primary N) is 2. The Balaban J connectivity index is 0. The Labute approximate surface area is 223 Å². The highest BCUT2D eigenvalue weighted by Gasteiger charge is 2.48. The van der Waals surface area contributed by atoms with E-state index in [1.807, 2.05) is 46.8 Å². The van der Waals surface area contributed by atoms with Gasteiger partial charge in [-0.05, 0) is 36.8 Å². The Kier molecular flexibility index (Phi) is 17.1. The van der Waals surface area contributed by atoms with Gasteiger partial charge in [0, 0.05) is 35.4 Å². The topological polar surface area (TPSA) is 96.1 Å². The molecule has 5 atom stereocenters. The van der Waals surface area contributed by atoms with Gasteiger partial charge in [-0.1, -0.05) is 123 Å². The quantitative estimate of drug-likeness (QED) is 0.341. The zero-order valence-corrected chi connectivity index (χ0v) is 24.7. The molecule has 3 aliphatic carbocycles. The van der Waals surface area contributed by atoms with E-state index >= 15 is 0 Å². The summed E-state index contributed by atoms with van der Waals surface area (Å²) in [5.74, 6) is 1.85. The first-order chi connectivity index (χ1) is 16.9. The first-order valence-corrected chi connectivity index (χ1v) is 13.6. The van der Waals surface area contributed by atoms with Gasteiger partial charge in [0.05, 0.1) is 0 Å². The molecule has 0 heterocycles. The lowest BCUT2D eigenvalue weighted by atomic mass is 9.54. The van der Waals surface area contributed by atoms with Crippen molar-refractivity contribution in [3.8, 4) is 6.57 Å². The molecule has 0 radical (unpaired) electrons. The summed E-state index contributed by atoms with van der Waals surface area (Å²) in [5.41, 5.74) is 11.9. The lowest BCUT2D eigenvalue weighted by Gasteiger charge is -2.51. The fourth-order valence-electron chi connectivity index (χ4n) is 4.82. The van der Waals surface area contributed by atoms with Crippen molar-refractivity contribution in [3.05, 3.63) is 72.6 Å². The monoisotopic (exact) mass is 497 g/mol. The van der Waals surface area contributed by atoms with E-state index in [1.165, 1.54) is 0 Å². The second kappa shape index (κ2) is 17.2. The molecule has 0 aliphatic heterocycles. The molecular weight excluding hydrogens is 442 g/mol. The van der Waals surface area contributed by atoms with Crippen molar-refractivity contribution >= 4 is 0 Å². The molecule has 5 N–H and O–H groups in total. The van der Waals surface area contributed by atoms with Crippen LogP contribution in [0.4, 0.5) is 0 Å². The number of aliphatic hydroxyl groups is 1. The molecular formula is C32H55N3O. The van der Waals surface area contributed by atoms with Crippen LogP contribution >= 0.6 is 0 Å². The maximum atomic E-state index is 9.79. The van der Waals surface area contributed by atoms with E-state index in [4.69, 9.17) is 16.7 Å². The van der Waals surface area contributed by atoms with Crippen LogP contribution in [0, 0.1) is 40.4 Å². The maximum Gasteiger partial charge on any atom is 0.111 e. The van der Waals surface area contributed by atoms with Crippen molar-refractivity contribution < 1.29 is 5.11 Å². The zero-order chi connectivity index (χ0) is 28.6. The molecule has 4 unspecified atom stereocenters. The largest absolute Gasteiger partial charge is 0.508 e. The number of hydrogen-bond acceptors (Lipinski definition) is 4. The first kappa shape index (κ1) is 35.8. The number of rotatable bonds is 4. The number of aliphatic hydroxyl groups excluding tert-OH is 1. The highest BCUT2D eigenvalue weighted by molar-refractivity contribution is 5.30. The van der Waals surface area contributed by atoms with Gasteiger partial charge in [-0.2, -0.15) is 0 Å². The molecule has 204 valence electrons. The third-order valence-corrected chi connectivity index (χ3v) is 7.47. The van der Waals surface area contributed by atoms with Crippen molar-refractivity contribution in [2.75, 3.05) is 0 Å². The first-order valence-electron chi connectivity index (χ1n) is 13.6. The number of fused-ring (bicyclic) bond motifs is 1. The molecule has 0 aromatic rings. The SMILES string of the molecule is C#N.CC.CC.CC1(N)C=CC2C=CC=CC2C=C1.CCC[C@](C)(C(C)C)C1(C)C=C(O)C=CC1N. The summed E-state index contributed by atoms with van der Waals surface area (Å²) < 4.78 is 0. The number of nitrogens with zero attached hydrogens (tertiary/aromatic N) is 1. The Morgan fingerprint density at radius 1 is 0.972 bits per heavy atom. The number of nitriles is 1. The molecule has 0 aromatic heterocycles. The van der Waals surface area contributed by atoms with Gasteiger partial charge < -0.3 is 16.6 Å². The van der Waals surface area contributed by atoms with Gasteiger partial charge in [0.15, 0.2) is 0 Å². The molecule has 0 amide bonds. The molecule has 4 heteroatoms. The third kappa shape index (κ3) is 9.60. The van der Waals surface area contributed by atoms with E-state index < -0.39 is 0 Å². The van der Waals surface area contributed by atoms with Gasteiger partial charge in [0.1, 0.15) is 5.76 Å². The fourth-order valence-corrected chi connectivity index (χ4v) is 4.82. The summed E-state index contributed by atoms with van der Waals surface area (Å²) in [5, 5.41) is 16.3. The molecule has 0 aromatic carbocycles. The van der Waals surface area contributed by atoms with Gasteiger partial charge in [-0.25, -0.2) is 5.26 Å². The van der Waals surface area contributed by atoms with Gasteiger partial charge in [-0.3, -0.25) is 0 Å². The minimum Gasteiger partial charge on any atom is -0.508 e. The van der Waals surface area contributed by atoms with E-state index in [9.17, 15) is 5.11 Å². The smallest absolute Gasteiger partial charge is 0.111 e. The second-order valence-electron chi connectivity index (χ2n) is 10.1. The molecule has 0 bridgehead atoms. The van der Waals surface area contributed by atoms with Crippen LogP contribution in [0.1, 0.15) is 82.1 Å². The van der Waals surface area contributed by atoms with Crippen LogP contribution < -0.4 is 11.5 Å².